The second-order valence-corrected chi connectivity index (χ2v) is 15.4. The molecule has 1 aromatic heterocycles. The van der Waals surface area contributed by atoms with Gasteiger partial charge in [-0.2, -0.15) is 0 Å². The van der Waals surface area contributed by atoms with Crippen LogP contribution in [0, 0.1) is 5.92 Å². The van der Waals surface area contributed by atoms with Gasteiger partial charge in [-0.1, -0.05) is 110 Å². The van der Waals surface area contributed by atoms with Crippen LogP contribution in [-0.2, 0) is 9.84 Å². The van der Waals surface area contributed by atoms with Gasteiger partial charge in [-0.15, -0.1) is 0 Å². The third-order valence-electron chi connectivity index (χ3n) is 10.3. The zero-order valence-corrected chi connectivity index (χ0v) is 27.6. The van der Waals surface area contributed by atoms with Crippen LogP contribution in [0.15, 0.2) is 150 Å². The molecule has 0 saturated heterocycles. The molecule has 3 atom stereocenters. The summed E-state index contributed by atoms with van der Waals surface area (Å²) in [7, 11) is -3.69. The van der Waals surface area contributed by atoms with Crippen LogP contribution in [0.3, 0.4) is 0 Å². The maximum absolute atomic E-state index is 14.6. The topological polar surface area (TPSA) is 42.3 Å². The fraction of sp³-hybridized carbons (Fsp3) is 0.163. The lowest BCUT2D eigenvalue weighted by Crippen LogP contribution is -2.46. The molecule has 0 N–H and O–H groups in total. The van der Waals surface area contributed by atoms with Gasteiger partial charge in [0.15, 0.2) is 9.84 Å². The van der Waals surface area contributed by atoms with Crippen LogP contribution in [0.1, 0.15) is 49.0 Å². The van der Waals surface area contributed by atoms with Crippen molar-refractivity contribution in [3.8, 4) is 16.8 Å². The molecule has 2 heterocycles. The number of nitrogens with zero attached hydrogens (tertiary/aromatic N) is 2. The van der Waals surface area contributed by atoms with E-state index in [2.05, 4.69) is 132 Å². The average molecular weight is 645 g/mol. The summed E-state index contributed by atoms with van der Waals surface area (Å²) in [6.07, 6.45) is 20.3. The number of benzene rings is 4. The van der Waals surface area contributed by atoms with Crippen molar-refractivity contribution in [3.63, 3.8) is 0 Å². The third-order valence-corrected chi connectivity index (χ3v) is 12.4. The SMILES string of the molecule is CC1C=C(N2c3ccccc3S(=O)(=O)C3C=Cc4c(n(-c5cc(C6=CC=CCC6)cc(-c6ccccc6)c5)c5ccccc45)C32)C=CC1. The van der Waals surface area contributed by atoms with E-state index in [4.69, 9.17) is 0 Å². The molecule has 0 amide bonds. The summed E-state index contributed by atoms with van der Waals surface area (Å²) in [5, 5.41) is 0.365. The number of sulfone groups is 1. The van der Waals surface area contributed by atoms with Crippen LogP contribution in [0.25, 0.3) is 39.4 Å². The smallest absolute Gasteiger partial charge is 0.189 e. The Kier molecular flexibility index (Phi) is 6.80. The quantitative estimate of drug-likeness (QED) is 0.196. The molecule has 5 heteroatoms. The summed E-state index contributed by atoms with van der Waals surface area (Å²) in [4.78, 5) is 2.70. The Morgan fingerprint density at radius 3 is 2.42 bits per heavy atom. The van der Waals surface area contributed by atoms with Gasteiger partial charge in [0.1, 0.15) is 5.25 Å². The minimum absolute atomic E-state index is 0.349. The maximum atomic E-state index is 14.6. The molecule has 48 heavy (non-hydrogen) atoms. The molecule has 236 valence electrons. The molecule has 4 aliphatic rings. The maximum Gasteiger partial charge on any atom is 0.189 e. The number of anilines is 1. The van der Waals surface area contributed by atoms with Crippen LogP contribution in [0.4, 0.5) is 5.69 Å². The Bertz CT molecular complexity index is 2370. The molecule has 3 unspecified atom stereocenters. The van der Waals surface area contributed by atoms with Gasteiger partial charge in [0.2, 0.25) is 0 Å². The standard InChI is InChI=1S/C43H36N2O2S/c1-29-13-12-18-34(25-29)44-39-21-10-11-22-40(39)48(46,47)41-24-23-37-36-19-8-9-20-38(36)45(42(37)43(41)44)35-27-32(30-14-4-2-5-15-30)26-33(28-35)31-16-6-3-7-17-31/h2-6,8-12,14-16,18-29,41,43H,7,13,17H2,1H3. The highest BCUT2D eigenvalue weighted by Gasteiger charge is 2.49. The molecule has 0 fully saturated rings. The van der Waals surface area contributed by atoms with Crippen molar-refractivity contribution in [1.29, 1.82) is 0 Å². The molecule has 5 aromatic rings. The Hall–Kier alpha value is -5.13. The summed E-state index contributed by atoms with van der Waals surface area (Å²) in [6.45, 7) is 2.22. The fourth-order valence-electron chi connectivity index (χ4n) is 8.06. The van der Waals surface area contributed by atoms with E-state index < -0.39 is 21.1 Å². The largest absolute Gasteiger partial charge is 0.330 e. The number of allylic oxidation sites excluding steroid dienone is 7. The summed E-state index contributed by atoms with van der Waals surface area (Å²) >= 11 is 0. The van der Waals surface area contributed by atoms with E-state index in [9.17, 15) is 8.42 Å². The molecule has 1 aliphatic heterocycles. The second kappa shape index (κ2) is 11.2. The van der Waals surface area contributed by atoms with Crippen LogP contribution < -0.4 is 4.90 Å². The van der Waals surface area contributed by atoms with Gasteiger partial charge in [0.25, 0.3) is 0 Å². The normalized spacial score (nSPS) is 22.1. The van der Waals surface area contributed by atoms with E-state index in [1.807, 2.05) is 24.3 Å². The average Bonchev–Trinajstić information content (AvgIpc) is 3.47. The van der Waals surface area contributed by atoms with Gasteiger partial charge in [-0.25, -0.2) is 8.42 Å². The number of hydrogen-bond acceptors (Lipinski definition) is 3. The Balaban J connectivity index is 1.37. The van der Waals surface area contributed by atoms with Crippen molar-refractivity contribution in [2.75, 3.05) is 4.90 Å². The highest BCUT2D eigenvalue weighted by molar-refractivity contribution is 7.92. The fourth-order valence-corrected chi connectivity index (χ4v) is 9.96. The molecule has 0 radical (unpaired) electrons. The molecule has 3 aliphatic carbocycles. The molecule has 0 saturated carbocycles. The third kappa shape index (κ3) is 4.52. The zero-order chi connectivity index (χ0) is 32.4. The molecule has 4 nitrogen and oxygen atoms in total. The first-order chi connectivity index (χ1) is 23.5. The zero-order valence-electron chi connectivity index (χ0n) is 26.8. The van der Waals surface area contributed by atoms with Crippen LogP contribution in [-0.4, -0.2) is 18.2 Å². The summed E-state index contributed by atoms with van der Waals surface area (Å²) in [5.41, 5.74) is 10.7. The first-order valence-electron chi connectivity index (χ1n) is 16.9. The van der Waals surface area contributed by atoms with Gasteiger partial charge < -0.3 is 9.47 Å². The van der Waals surface area contributed by atoms with E-state index >= 15 is 0 Å². The lowest BCUT2D eigenvalue weighted by molar-refractivity contribution is 0.548. The Labute approximate surface area is 282 Å². The van der Waals surface area contributed by atoms with Gasteiger partial charge in [0.05, 0.1) is 27.8 Å². The van der Waals surface area contributed by atoms with Crippen LogP contribution in [0.5, 0.6) is 0 Å². The van der Waals surface area contributed by atoms with E-state index in [0.29, 0.717) is 10.8 Å². The van der Waals surface area contributed by atoms with Crippen molar-refractivity contribution in [2.24, 2.45) is 5.92 Å². The molecule has 0 spiro atoms. The number of para-hydroxylation sites is 2. The molecule has 9 rings (SSSR count). The summed E-state index contributed by atoms with van der Waals surface area (Å²) < 4.78 is 31.5. The van der Waals surface area contributed by atoms with Crippen molar-refractivity contribution in [1.82, 2.24) is 4.57 Å². The van der Waals surface area contributed by atoms with E-state index in [1.165, 1.54) is 11.1 Å². The first kappa shape index (κ1) is 29.0. The van der Waals surface area contributed by atoms with Gasteiger partial charge in [0, 0.05) is 22.3 Å². The van der Waals surface area contributed by atoms with Crippen LogP contribution >= 0.6 is 0 Å². The summed E-state index contributed by atoms with van der Waals surface area (Å²) in [6, 6.07) is 33.0. The number of fused-ring (bicyclic) bond motifs is 6. The number of hydrogen-bond donors (Lipinski definition) is 0. The van der Waals surface area contributed by atoms with Crippen LogP contribution in [0.2, 0.25) is 0 Å². The van der Waals surface area contributed by atoms with Crippen molar-refractivity contribution >= 4 is 38.1 Å². The highest BCUT2D eigenvalue weighted by atomic mass is 32.2. The van der Waals surface area contributed by atoms with Crippen molar-refractivity contribution in [3.05, 3.63) is 162 Å². The van der Waals surface area contributed by atoms with Gasteiger partial charge >= 0.3 is 0 Å². The lowest BCUT2D eigenvalue weighted by Gasteiger charge is -2.45. The minimum atomic E-state index is -3.69. The molecular formula is C43H36N2O2S. The van der Waals surface area contributed by atoms with E-state index in [0.717, 1.165) is 69.6 Å². The molecular weight excluding hydrogens is 609 g/mol. The predicted octanol–water partition coefficient (Wildman–Crippen LogP) is 10.2. The first-order valence-corrected chi connectivity index (χ1v) is 18.4. The number of aromatic nitrogens is 1. The van der Waals surface area contributed by atoms with E-state index in [-0.39, 0.29) is 0 Å². The van der Waals surface area contributed by atoms with Gasteiger partial charge in [-0.05, 0) is 89.9 Å². The van der Waals surface area contributed by atoms with Crippen molar-refractivity contribution < 1.29 is 8.42 Å². The minimum Gasteiger partial charge on any atom is -0.330 e. The number of rotatable bonds is 4. The van der Waals surface area contributed by atoms with Gasteiger partial charge in [-0.3, -0.25) is 0 Å². The molecule has 0 bridgehead atoms. The van der Waals surface area contributed by atoms with Crippen molar-refractivity contribution in [2.45, 2.75) is 42.4 Å². The summed E-state index contributed by atoms with van der Waals surface area (Å²) in [5.74, 6) is 0.349. The second-order valence-electron chi connectivity index (χ2n) is 13.3. The lowest BCUT2D eigenvalue weighted by atomic mass is 9.92. The Morgan fingerprint density at radius 1 is 0.792 bits per heavy atom. The van der Waals surface area contributed by atoms with E-state index in [1.54, 1.807) is 6.07 Å². The monoisotopic (exact) mass is 644 g/mol. The predicted molar refractivity (Wildman–Crippen MR) is 198 cm³/mol. The molecule has 4 aromatic carbocycles. The Morgan fingerprint density at radius 2 is 1.58 bits per heavy atom. The highest BCUT2D eigenvalue weighted by Crippen LogP contribution is 2.52.